The number of cyclic esters (lactones) is 1. The summed E-state index contributed by atoms with van der Waals surface area (Å²) < 4.78 is 17.7. The average Bonchev–Trinajstić information content (AvgIpc) is 3.75. The summed E-state index contributed by atoms with van der Waals surface area (Å²) in [5.74, 6) is -0.281. The van der Waals surface area contributed by atoms with Gasteiger partial charge in [-0.2, -0.15) is 0 Å². The van der Waals surface area contributed by atoms with Crippen LogP contribution in [0.25, 0.3) is 0 Å². The van der Waals surface area contributed by atoms with Gasteiger partial charge in [-0.1, -0.05) is 110 Å². The first kappa shape index (κ1) is 37.5. The van der Waals surface area contributed by atoms with E-state index < -0.39 is 12.2 Å². The molecule has 0 bridgehead atoms. The molecular formula is C37H66O7. The largest absolute Gasteiger partial charge is 0.455 e. The van der Waals surface area contributed by atoms with Gasteiger partial charge in [-0.05, 0) is 57.9 Å². The second-order valence-electron chi connectivity index (χ2n) is 14.0. The molecule has 3 heterocycles. The highest BCUT2D eigenvalue weighted by Crippen LogP contribution is 2.34. The zero-order chi connectivity index (χ0) is 31.6. The predicted octanol–water partition coefficient (Wildman–Crippen LogP) is 7.86. The Balaban J connectivity index is 1.13. The zero-order valence-electron chi connectivity index (χ0n) is 28.1. The molecule has 7 heteroatoms. The molecule has 44 heavy (non-hydrogen) atoms. The molecule has 3 N–H and O–H groups in total. The minimum atomic E-state index is -0.463. The summed E-state index contributed by atoms with van der Waals surface area (Å²) in [5, 5.41) is 31.6. The van der Waals surface area contributed by atoms with Crippen LogP contribution in [0.3, 0.4) is 0 Å². The normalized spacial score (nSPS) is 27.4. The van der Waals surface area contributed by atoms with Crippen LogP contribution >= 0.6 is 0 Å². The Bertz CT molecular complexity index is 801. The van der Waals surface area contributed by atoms with Crippen molar-refractivity contribution < 1.29 is 34.3 Å². The highest BCUT2D eigenvalue weighted by Gasteiger charge is 2.40. The second kappa shape index (κ2) is 21.7. The van der Waals surface area contributed by atoms with Crippen LogP contribution in [0.5, 0.6) is 0 Å². The van der Waals surface area contributed by atoms with E-state index in [9.17, 15) is 20.1 Å². The highest BCUT2D eigenvalue weighted by atomic mass is 16.6. The minimum absolute atomic E-state index is 0.0519. The van der Waals surface area contributed by atoms with E-state index >= 15 is 0 Å². The summed E-state index contributed by atoms with van der Waals surface area (Å²) >= 11 is 0. The van der Waals surface area contributed by atoms with Crippen molar-refractivity contribution in [2.75, 3.05) is 0 Å². The molecule has 0 saturated carbocycles. The minimum Gasteiger partial charge on any atom is -0.455 e. The van der Waals surface area contributed by atoms with Gasteiger partial charge in [-0.25, -0.2) is 4.79 Å². The Morgan fingerprint density at radius 1 is 0.659 bits per heavy atom. The van der Waals surface area contributed by atoms with Gasteiger partial charge in [0.05, 0.1) is 42.7 Å². The molecule has 0 radical (unpaired) electrons. The fraction of sp³-hybridized carbons (Fsp3) is 0.919. The SMILES string of the molecule is CCCCCCCCCC[C@@H](O)[C@H]1CC[C@H]([C@H]2CC[C@H]([C@H](O)CCCCCCCCCC[C@H](O)CC3=C[C@@H](C)OC3=O)O2)O1. The Morgan fingerprint density at radius 3 is 1.52 bits per heavy atom. The Hall–Kier alpha value is -0.990. The predicted molar refractivity (Wildman–Crippen MR) is 175 cm³/mol. The fourth-order valence-electron chi connectivity index (χ4n) is 7.28. The molecule has 3 rings (SSSR count). The van der Waals surface area contributed by atoms with Gasteiger partial charge < -0.3 is 29.5 Å². The van der Waals surface area contributed by atoms with Gasteiger partial charge in [0, 0.05) is 12.0 Å². The van der Waals surface area contributed by atoms with Crippen molar-refractivity contribution in [1.29, 1.82) is 0 Å². The zero-order valence-corrected chi connectivity index (χ0v) is 28.1. The maximum atomic E-state index is 11.7. The van der Waals surface area contributed by atoms with Gasteiger partial charge in [-0.3, -0.25) is 0 Å². The highest BCUT2D eigenvalue weighted by molar-refractivity contribution is 5.90. The topological polar surface area (TPSA) is 105 Å². The fourth-order valence-corrected chi connectivity index (χ4v) is 7.28. The van der Waals surface area contributed by atoms with Crippen LogP contribution in [0.1, 0.15) is 168 Å². The number of rotatable bonds is 25. The van der Waals surface area contributed by atoms with Gasteiger partial charge >= 0.3 is 5.97 Å². The Morgan fingerprint density at radius 2 is 1.09 bits per heavy atom. The van der Waals surface area contributed by atoms with Crippen molar-refractivity contribution in [1.82, 2.24) is 0 Å². The van der Waals surface area contributed by atoms with Crippen LogP contribution in [0, 0.1) is 0 Å². The van der Waals surface area contributed by atoms with Crippen molar-refractivity contribution >= 4 is 5.97 Å². The van der Waals surface area contributed by atoms with Crippen molar-refractivity contribution in [2.24, 2.45) is 0 Å². The smallest absolute Gasteiger partial charge is 0.334 e. The molecule has 2 fully saturated rings. The number of esters is 1. The molecule has 3 aliphatic rings. The molecule has 0 unspecified atom stereocenters. The van der Waals surface area contributed by atoms with Crippen LogP contribution < -0.4 is 0 Å². The van der Waals surface area contributed by atoms with Crippen LogP contribution in [-0.2, 0) is 19.0 Å². The number of hydrogen-bond acceptors (Lipinski definition) is 7. The molecule has 0 aromatic carbocycles. The van der Waals surface area contributed by atoms with Crippen LogP contribution in [0.15, 0.2) is 11.6 Å². The quantitative estimate of drug-likeness (QED) is 0.0703. The summed E-state index contributed by atoms with van der Waals surface area (Å²) in [6, 6.07) is 0. The third-order valence-electron chi connectivity index (χ3n) is 10.0. The molecule has 3 aliphatic heterocycles. The lowest BCUT2D eigenvalue weighted by Crippen LogP contribution is -2.33. The lowest BCUT2D eigenvalue weighted by Gasteiger charge is -2.24. The monoisotopic (exact) mass is 622 g/mol. The molecule has 0 aromatic heterocycles. The van der Waals surface area contributed by atoms with E-state index in [2.05, 4.69) is 6.92 Å². The number of carbonyl (C=O) groups excluding carboxylic acids is 1. The molecule has 7 nitrogen and oxygen atoms in total. The number of carbonyl (C=O) groups is 1. The number of ether oxygens (including phenoxy) is 3. The van der Waals surface area contributed by atoms with Gasteiger partial charge in [0.2, 0.25) is 0 Å². The lowest BCUT2D eigenvalue weighted by atomic mass is 10.00. The summed E-state index contributed by atoms with van der Waals surface area (Å²) in [6.45, 7) is 4.09. The molecule has 2 saturated heterocycles. The third-order valence-corrected chi connectivity index (χ3v) is 10.0. The molecule has 0 aromatic rings. The molecule has 0 spiro atoms. The first-order chi connectivity index (χ1) is 21.4. The Kier molecular flexibility index (Phi) is 18.5. The van der Waals surface area contributed by atoms with Crippen molar-refractivity contribution in [3.05, 3.63) is 11.6 Å². The number of hydrogen-bond donors (Lipinski definition) is 3. The van der Waals surface area contributed by atoms with Crippen LogP contribution in [-0.4, -0.2) is 70.1 Å². The molecule has 8 atom stereocenters. The summed E-state index contributed by atoms with van der Waals surface area (Å²) in [4.78, 5) is 11.7. The second-order valence-corrected chi connectivity index (χ2v) is 14.0. The van der Waals surface area contributed by atoms with E-state index in [1.807, 2.05) is 13.0 Å². The molecular weight excluding hydrogens is 556 g/mol. The van der Waals surface area contributed by atoms with Gasteiger partial charge in [0.1, 0.15) is 6.10 Å². The summed E-state index contributed by atoms with van der Waals surface area (Å²) in [6.07, 6.45) is 26.1. The average molecular weight is 623 g/mol. The lowest BCUT2D eigenvalue weighted by molar-refractivity contribution is -0.139. The number of unbranched alkanes of at least 4 members (excludes halogenated alkanes) is 14. The summed E-state index contributed by atoms with van der Waals surface area (Å²) in [5.41, 5.74) is 0.617. The maximum Gasteiger partial charge on any atom is 0.334 e. The van der Waals surface area contributed by atoms with E-state index in [1.165, 1.54) is 70.6 Å². The number of aliphatic hydroxyl groups excluding tert-OH is 3. The van der Waals surface area contributed by atoms with Crippen molar-refractivity contribution in [2.45, 2.75) is 217 Å². The first-order valence-corrected chi connectivity index (χ1v) is 18.6. The van der Waals surface area contributed by atoms with Gasteiger partial charge in [0.25, 0.3) is 0 Å². The van der Waals surface area contributed by atoms with E-state index in [0.717, 1.165) is 77.0 Å². The number of aliphatic hydroxyl groups is 3. The Labute approximate surface area is 268 Å². The first-order valence-electron chi connectivity index (χ1n) is 18.6. The van der Waals surface area contributed by atoms with Crippen LogP contribution in [0.2, 0.25) is 0 Å². The van der Waals surface area contributed by atoms with Crippen molar-refractivity contribution in [3.8, 4) is 0 Å². The third kappa shape index (κ3) is 14.2. The molecule has 256 valence electrons. The van der Waals surface area contributed by atoms with E-state index in [4.69, 9.17) is 14.2 Å². The standard InChI is InChI=1S/C37H66O7/c1-3-4-5-6-7-11-14-17-20-31(39)33-22-24-35(43-33)36-25-23-34(44-36)32(40)21-18-15-12-9-8-10-13-16-19-30(38)27-29-26-28(2)42-37(29)41/h26,28,30-36,38-40H,3-25,27H2,1-2H3/t28-,30+,31-,32-,33-,34-,35-,36-/m1/s1. The maximum absolute atomic E-state index is 11.7. The molecule has 0 aliphatic carbocycles. The molecule has 0 amide bonds. The van der Waals surface area contributed by atoms with E-state index in [0.29, 0.717) is 12.0 Å². The van der Waals surface area contributed by atoms with Crippen molar-refractivity contribution in [3.63, 3.8) is 0 Å². The van der Waals surface area contributed by atoms with Crippen LogP contribution in [0.4, 0.5) is 0 Å². The summed E-state index contributed by atoms with van der Waals surface area (Å²) in [7, 11) is 0. The van der Waals surface area contributed by atoms with Gasteiger partial charge in [0.15, 0.2) is 0 Å². The van der Waals surface area contributed by atoms with E-state index in [1.54, 1.807) is 0 Å². The van der Waals surface area contributed by atoms with E-state index in [-0.39, 0.29) is 42.6 Å². The van der Waals surface area contributed by atoms with Gasteiger partial charge in [-0.15, -0.1) is 0 Å².